The van der Waals surface area contributed by atoms with Gasteiger partial charge in [-0.15, -0.1) is 0 Å². The van der Waals surface area contributed by atoms with E-state index in [4.69, 9.17) is 4.74 Å². The molecule has 1 rings (SSSR count). The van der Waals surface area contributed by atoms with Crippen LogP contribution in [0.4, 0.5) is 0 Å². The van der Waals surface area contributed by atoms with E-state index in [0.29, 0.717) is 13.1 Å². The Bertz CT molecular complexity index is 416. The van der Waals surface area contributed by atoms with Crippen molar-refractivity contribution >= 4 is 5.91 Å². The predicted molar refractivity (Wildman–Crippen MR) is 77.6 cm³/mol. The van der Waals surface area contributed by atoms with Crippen molar-refractivity contribution in [3.8, 4) is 5.75 Å². The van der Waals surface area contributed by atoms with Crippen LogP contribution in [0.3, 0.4) is 0 Å². The molecule has 0 radical (unpaired) electrons. The Hall–Kier alpha value is -1.55. The molecule has 0 saturated heterocycles. The van der Waals surface area contributed by atoms with Gasteiger partial charge in [0.2, 0.25) is 5.91 Å². The maximum Gasteiger partial charge on any atom is 0.233 e. The molecule has 0 saturated carbocycles. The van der Waals surface area contributed by atoms with Gasteiger partial charge in [-0.2, -0.15) is 0 Å². The molecule has 19 heavy (non-hydrogen) atoms. The quantitative estimate of drug-likeness (QED) is 0.788. The third-order valence-corrected chi connectivity index (χ3v) is 3.11. The third kappa shape index (κ3) is 4.91. The third-order valence-electron chi connectivity index (χ3n) is 3.11. The SMILES string of the molecule is CCNCC(=O)NCC(C)(C)c1cccc(OC)c1. The van der Waals surface area contributed by atoms with Gasteiger partial charge in [0.05, 0.1) is 13.7 Å². The van der Waals surface area contributed by atoms with Gasteiger partial charge in [-0.3, -0.25) is 4.79 Å². The highest BCUT2D eigenvalue weighted by molar-refractivity contribution is 5.78. The van der Waals surface area contributed by atoms with Gasteiger partial charge < -0.3 is 15.4 Å². The summed E-state index contributed by atoms with van der Waals surface area (Å²) in [6.45, 7) is 7.96. The average Bonchev–Trinajstić information content (AvgIpc) is 2.43. The molecule has 0 spiro atoms. The molecule has 1 aromatic rings. The molecule has 0 aromatic heterocycles. The van der Waals surface area contributed by atoms with Crippen molar-refractivity contribution in [2.24, 2.45) is 0 Å². The number of nitrogens with one attached hydrogen (secondary N) is 2. The van der Waals surface area contributed by atoms with Crippen LogP contribution in [-0.4, -0.2) is 32.7 Å². The van der Waals surface area contributed by atoms with Crippen LogP contribution in [-0.2, 0) is 10.2 Å². The van der Waals surface area contributed by atoms with Crippen LogP contribution < -0.4 is 15.4 Å². The van der Waals surface area contributed by atoms with Crippen molar-refractivity contribution in [2.75, 3.05) is 26.7 Å². The number of ether oxygens (including phenoxy) is 1. The first-order chi connectivity index (χ1) is 8.99. The van der Waals surface area contributed by atoms with Gasteiger partial charge in [0, 0.05) is 12.0 Å². The fourth-order valence-electron chi connectivity index (χ4n) is 1.77. The molecule has 0 fully saturated rings. The van der Waals surface area contributed by atoms with Crippen LogP contribution >= 0.6 is 0 Å². The monoisotopic (exact) mass is 264 g/mol. The van der Waals surface area contributed by atoms with E-state index in [1.54, 1.807) is 7.11 Å². The molecule has 0 aliphatic heterocycles. The van der Waals surface area contributed by atoms with Gasteiger partial charge in [-0.05, 0) is 24.2 Å². The highest BCUT2D eigenvalue weighted by Crippen LogP contribution is 2.25. The van der Waals surface area contributed by atoms with Crippen LogP contribution in [0.25, 0.3) is 0 Å². The van der Waals surface area contributed by atoms with E-state index in [-0.39, 0.29) is 11.3 Å². The second-order valence-corrected chi connectivity index (χ2v) is 5.17. The number of carbonyl (C=O) groups is 1. The van der Waals surface area contributed by atoms with E-state index in [0.717, 1.165) is 17.9 Å². The normalized spacial score (nSPS) is 11.2. The Kier molecular flexibility index (Phi) is 5.83. The molecule has 0 aliphatic rings. The van der Waals surface area contributed by atoms with E-state index in [2.05, 4.69) is 30.5 Å². The Morgan fingerprint density at radius 3 is 2.74 bits per heavy atom. The van der Waals surface area contributed by atoms with Crippen molar-refractivity contribution < 1.29 is 9.53 Å². The highest BCUT2D eigenvalue weighted by atomic mass is 16.5. The van der Waals surface area contributed by atoms with E-state index < -0.39 is 0 Å². The minimum Gasteiger partial charge on any atom is -0.497 e. The average molecular weight is 264 g/mol. The van der Waals surface area contributed by atoms with E-state index >= 15 is 0 Å². The van der Waals surface area contributed by atoms with Crippen LogP contribution in [0.1, 0.15) is 26.3 Å². The molecular formula is C15H24N2O2. The molecule has 0 unspecified atom stereocenters. The Morgan fingerprint density at radius 1 is 1.37 bits per heavy atom. The fraction of sp³-hybridized carbons (Fsp3) is 0.533. The van der Waals surface area contributed by atoms with Gasteiger partial charge >= 0.3 is 0 Å². The summed E-state index contributed by atoms with van der Waals surface area (Å²) in [5, 5.41) is 5.96. The van der Waals surface area contributed by atoms with Crippen LogP contribution in [0.2, 0.25) is 0 Å². The van der Waals surface area contributed by atoms with Gasteiger partial charge in [0.15, 0.2) is 0 Å². The molecular weight excluding hydrogens is 240 g/mol. The second-order valence-electron chi connectivity index (χ2n) is 5.17. The first-order valence-electron chi connectivity index (χ1n) is 6.61. The summed E-state index contributed by atoms with van der Waals surface area (Å²) in [6, 6.07) is 7.95. The zero-order valence-corrected chi connectivity index (χ0v) is 12.2. The number of methoxy groups -OCH3 is 1. The maximum absolute atomic E-state index is 11.6. The predicted octanol–water partition coefficient (Wildman–Crippen LogP) is 1.70. The number of rotatable bonds is 7. The Balaban J connectivity index is 2.61. The minimum atomic E-state index is -0.129. The summed E-state index contributed by atoms with van der Waals surface area (Å²) in [7, 11) is 1.66. The number of hydrogen-bond acceptors (Lipinski definition) is 3. The van der Waals surface area contributed by atoms with Gasteiger partial charge in [0.1, 0.15) is 5.75 Å². The summed E-state index contributed by atoms with van der Waals surface area (Å²) in [6.07, 6.45) is 0. The molecule has 106 valence electrons. The molecule has 0 bridgehead atoms. The smallest absolute Gasteiger partial charge is 0.233 e. The number of likely N-dealkylation sites (N-methyl/N-ethyl adjacent to an activating group) is 1. The van der Waals surface area contributed by atoms with Crippen LogP contribution in [0.15, 0.2) is 24.3 Å². The molecule has 4 heteroatoms. The molecule has 2 N–H and O–H groups in total. The number of hydrogen-bond donors (Lipinski definition) is 2. The molecule has 0 heterocycles. The van der Waals surface area contributed by atoms with Gasteiger partial charge in [-0.1, -0.05) is 32.9 Å². The van der Waals surface area contributed by atoms with Gasteiger partial charge in [0.25, 0.3) is 0 Å². The minimum absolute atomic E-state index is 0.0258. The summed E-state index contributed by atoms with van der Waals surface area (Å²) in [5.41, 5.74) is 1.02. The van der Waals surface area contributed by atoms with Crippen molar-refractivity contribution in [3.05, 3.63) is 29.8 Å². The molecule has 0 atom stereocenters. The summed E-state index contributed by atoms with van der Waals surface area (Å²) >= 11 is 0. The first kappa shape index (κ1) is 15.5. The lowest BCUT2D eigenvalue weighted by molar-refractivity contribution is -0.120. The first-order valence-corrected chi connectivity index (χ1v) is 6.61. The highest BCUT2D eigenvalue weighted by Gasteiger charge is 2.21. The second kappa shape index (κ2) is 7.14. The van der Waals surface area contributed by atoms with Crippen molar-refractivity contribution in [2.45, 2.75) is 26.2 Å². The van der Waals surface area contributed by atoms with Crippen molar-refractivity contribution in [1.82, 2.24) is 10.6 Å². The maximum atomic E-state index is 11.6. The lowest BCUT2D eigenvalue weighted by atomic mass is 9.84. The molecule has 1 aromatic carbocycles. The van der Waals surface area contributed by atoms with Crippen molar-refractivity contribution in [3.63, 3.8) is 0 Å². The Labute approximate surface area is 115 Å². The van der Waals surface area contributed by atoms with Crippen LogP contribution in [0, 0.1) is 0 Å². The molecule has 4 nitrogen and oxygen atoms in total. The molecule has 1 amide bonds. The largest absolute Gasteiger partial charge is 0.497 e. The standard InChI is InChI=1S/C15H24N2O2/c1-5-16-10-14(18)17-11-15(2,3)12-7-6-8-13(9-12)19-4/h6-9,16H,5,10-11H2,1-4H3,(H,17,18). The van der Waals surface area contributed by atoms with Crippen molar-refractivity contribution in [1.29, 1.82) is 0 Å². The van der Waals surface area contributed by atoms with Crippen LogP contribution in [0.5, 0.6) is 5.75 Å². The van der Waals surface area contributed by atoms with E-state index in [9.17, 15) is 4.79 Å². The van der Waals surface area contributed by atoms with E-state index in [1.165, 1.54) is 0 Å². The Morgan fingerprint density at radius 2 is 2.11 bits per heavy atom. The lowest BCUT2D eigenvalue weighted by Gasteiger charge is -2.26. The van der Waals surface area contributed by atoms with Gasteiger partial charge in [-0.25, -0.2) is 0 Å². The number of amides is 1. The number of benzene rings is 1. The summed E-state index contributed by atoms with van der Waals surface area (Å²) in [4.78, 5) is 11.6. The molecule has 0 aliphatic carbocycles. The summed E-state index contributed by atoms with van der Waals surface area (Å²) < 4.78 is 5.23. The fourth-order valence-corrected chi connectivity index (χ4v) is 1.77. The number of carbonyl (C=O) groups excluding carboxylic acids is 1. The van der Waals surface area contributed by atoms with E-state index in [1.807, 2.05) is 25.1 Å². The zero-order chi connectivity index (χ0) is 14.3. The lowest BCUT2D eigenvalue weighted by Crippen LogP contribution is -2.40. The summed E-state index contributed by atoms with van der Waals surface area (Å²) in [5.74, 6) is 0.863. The zero-order valence-electron chi connectivity index (χ0n) is 12.2. The topological polar surface area (TPSA) is 50.4 Å².